The zero-order valence-corrected chi connectivity index (χ0v) is 10.1. The summed E-state index contributed by atoms with van der Waals surface area (Å²) in [5.41, 5.74) is -2.28. The maximum Gasteiger partial charge on any atom is 0.432 e. The van der Waals surface area contributed by atoms with E-state index in [1.165, 1.54) is 0 Å². The molecule has 0 spiro atoms. The van der Waals surface area contributed by atoms with Gasteiger partial charge in [0, 0.05) is 0 Å². The molecule has 1 heterocycles. The Morgan fingerprint density at radius 2 is 1.18 bits per heavy atom. The molecule has 0 aliphatic heterocycles. The highest BCUT2D eigenvalue weighted by atomic mass is 16.7. The molecule has 15 heteroatoms. The van der Waals surface area contributed by atoms with Gasteiger partial charge in [-0.15, -0.1) is 0 Å². The van der Waals surface area contributed by atoms with Gasteiger partial charge in [-0.05, 0) is 0 Å². The van der Waals surface area contributed by atoms with Crippen molar-refractivity contribution < 1.29 is 19.7 Å². The molecule has 0 atom stereocenters. The fourth-order valence-corrected chi connectivity index (χ4v) is 1.89. The zero-order chi connectivity index (χ0) is 16.8. The number of hydrogen-bond acceptors (Lipinski definition) is 10. The van der Waals surface area contributed by atoms with E-state index < -0.39 is 59.4 Å². The number of nitro benzene ring substituents is 4. The fraction of sp³-hybridized carbons (Fsp3) is 0. The van der Waals surface area contributed by atoms with Gasteiger partial charge in [-0.3, -0.25) is 40.5 Å². The van der Waals surface area contributed by atoms with Crippen LogP contribution in [-0.4, -0.2) is 29.7 Å². The SMILES string of the molecule is Nc1nc2c([N+](=O)[O-])c([N+](=O)[O-])c([N+](=O)[O-])c([N+](=O)[O-])c2[nH]1. The average Bonchev–Trinajstić information content (AvgIpc) is 2.74. The number of nitrogens with zero attached hydrogens (tertiary/aromatic N) is 5. The van der Waals surface area contributed by atoms with E-state index in [1.54, 1.807) is 0 Å². The van der Waals surface area contributed by atoms with E-state index in [4.69, 9.17) is 5.73 Å². The molecule has 0 amide bonds. The number of rotatable bonds is 4. The number of nitrogens with one attached hydrogen (secondary N) is 1. The Morgan fingerprint density at radius 3 is 1.59 bits per heavy atom. The average molecular weight is 313 g/mol. The Morgan fingerprint density at radius 1 is 0.773 bits per heavy atom. The normalized spacial score (nSPS) is 10.5. The van der Waals surface area contributed by atoms with E-state index in [-0.39, 0.29) is 0 Å². The number of nitrogen functional groups attached to an aromatic ring is 1. The summed E-state index contributed by atoms with van der Waals surface area (Å²) in [6.45, 7) is 0. The number of aromatic nitrogens is 2. The molecular formula is C7H3N7O8. The molecule has 0 saturated carbocycles. The third-order valence-corrected chi connectivity index (χ3v) is 2.59. The van der Waals surface area contributed by atoms with Crippen molar-refractivity contribution in [3.05, 3.63) is 40.5 Å². The zero-order valence-electron chi connectivity index (χ0n) is 10.1. The lowest BCUT2D eigenvalue weighted by molar-refractivity contribution is -0.450. The number of nitro groups is 4. The van der Waals surface area contributed by atoms with Crippen molar-refractivity contribution >= 4 is 39.7 Å². The molecule has 1 aromatic heterocycles. The number of nitrogens with two attached hydrogens (primary N) is 1. The summed E-state index contributed by atoms with van der Waals surface area (Å²) < 4.78 is 0. The number of hydrogen-bond donors (Lipinski definition) is 2. The summed E-state index contributed by atoms with van der Waals surface area (Å²) in [5, 5.41) is 44.0. The third-order valence-electron chi connectivity index (χ3n) is 2.59. The quantitative estimate of drug-likeness (QED) is 0.594. The van der Waals surface area contributed by atoms with Crippen molar-refractivity contribution in [1.29, 1.82) is 0 Å². The third kappa shape index (κ3) is 1.88. The highest BCUT2D eigenvalue weighted by molar-refractivity contribution is 6.03. The van der Waals surface area contributed by atoms with Crippen LogP contribution in [0.3, 0.4) is 0 Å². The standard InChI is InChI=1S/C7H3N7O8/c8-7-9-1-2(10-7)4(12(17)18)6(14(21)22)5(13(19)20)3(1)11(15)16/h(H3,8,9,10). The largest absolute Gasteiger partial charge is 0.432 e. The summed E-state index contributed by atoms with van der Waals surface area (Å²) in [7, 11) is 0. The van der Waals surface area contributed by atoms with Gasteiger partial charge in [0.1, 0.15) is 0 Å². The van der Waals surface area contributed by atoms with E-state index in [0.29, 0.717) is 0 Å². The summed E-state index contributed by atoms with van der Waals surface area (Å²) >= 11 is 0. The minimum Gasteiger partial charge on any atom is -0.369 e. The molecule has 0 unspecified atom stereocenters. The lowest BCUT2D eigenvalue weighted by atomic mass is 10.1. The van der Waals surface area contributed by atoms with E-state index >= 15 is 0 Å². The first-order valence-corrected chi connectivity index (χ1v) is 5.09. The van der Waals surface area contributed by atoms with Gasteiger partial charge in [-0.1, -0.05) is 0 Å². The number of fused-ring (bicyclic) bond motifs is 1. The van der Waals surface area contributed by atoms with Crippen LogP contribution in [0.4, 0.5) is 28.7 Å². The summed E-state index contributed by atoms with van der Waals surface area (Å²) in [4.78, 5) is 44.0. The Balaban J connectivity index is 3.24. The van der Waals surface area contributed by atoms with E-state index in [0.717, 1.165) is 0 Å². The van der Waals surface area contributed by atoms with E-state index in [2.05, 4.69) is 9.97 Å². The van der Waals surface area contributed by atoms with Crippen LogP contribution in [0.2, 0.25) is 0 Å². The van der Waals surface area contributed by atoms with Crippen LogP contribution in [0.15, 0.2) is 0 Å². The molecule has 0 aliphatic carbocycles. The van der Waals surface area contributed by atoms with E-state index in [9.17, 15) is 40.5 Å². The minimum atomic E-state index is -1.64. The Kier molecular flexibility index (Phi) is 3.02. The van der Waals surface area contributed by atoms with Gasteiger partial charge in [0.15, 0.2) is 17.0 Å². The molecule has 0 bridgehead atoms. The number of aromatic amines is 1. The summed E-state index contributed by atoms with van der Waals surface area (Å²) in [5.74, 6) is -0.531. The molecule has 22 heavy (non-hydrogen) atoms. The van der Waals surface area contributed by atoms with Crippen molar-refractivity contribution in [3.8, 4) is 0 Å². The van der Waals surface area contributed by atoms with Crippen molar-refractivity contribution in [2.75, 3.05) is 5.73 Å². The molecule has 114 valence electrons. The number of H-pyrrole nitrogens is 1. The second-order valence-electron chi connectivity index (χ2n) is 3.77. The molecule has 3 N–H and O–H groups in total. The highest BCUT2D eigenvalue weighted by Crippen LogP contribution is 2.48. The second-order valence-corrected chi connectivity index (χ2v) is 3.77. The molecule has 0 radical (unpaired) electrons. The van der Waals surface area contributed by atoms with Crippen molar-refractivity contribution in [2.24, 2.45) is 0 Å². The summed E-state index contributed by atoms with van der Waals surface area (Å²) in [6.07, 6.45) is 0. The lowest BCUT2D eigenvalue weighted by Crippen LogP contribution is -2.06. The lowest BCUT2D eigenvalue weighted by Gasteiger charge is -1.99. The molecule has 15 nitrogen and oxygen atoms in total. The molecule has 0 aliphatic rings. The summed E-state index contributed by atoms with van der Waals surface area (Å²) in [6, 6.07) is 0. The van der Waals surface area contributed by atoms with Gasteiger partial charge in [0.05, 0.1) is 19.7 Å². The van der Waals surface area contributed by atoms with Gasteiger partial charge in [0.2, 0.25) is 0 Å². The van der Waals surface area contributed by atoms with Crippen LogP contribution in [0.5, 0.6) is 0 Å². The predicted molar refractivity (Wildman–Crippen MR) is 67.1 cm³/mol. The maximum atomic E-state index is 11.0. The highest BCUT2D eigenvalue weighted by Gasteiger charge is 2.48. The van der Waals surface area contributed by atoms with Gasteiger partial charge in [0.25, 0.3) is 0 Å². The minimum absolute atomic E-state index is 0.531. The van der Waals surface area contributed by atoms with Gasteiger partial charge in [-0.2, -0.15) is 0 Å². The topological polar surface area (TPSA) is 227 Å². The van der Waals surface area contributed by atoms with Crippen LogP contribution in [0.1, 0.15) is 0 Å². The van der Waals surface area contributed by atoms with Crippen molar-refractivity contribution in [1.82, 2.24) is 9.97 Å². The van der Waals surface area contributed by atoms with Crippen LogP contribution >= 0.6 is 0 Å². The first kappa shape index (κ1) is 14.5. The number of benzene rings is 1. The molecule has 1 aromatic carbocycles. The van der Waals surface area contributed by atoms with Crippen molar-refractivity contribution in [3.63, 3.8) is 0 Å². The van der Waals surface area contributed by atoms with Crippen LogP contribution < -0.4 is 5.73 Å². The van der Waals surface area contributed by atoms with Crippen LogP contribution in [0.25, 0.3) is 11.0 Å². The molecular weight excluding hydrogens is 310 g/mol. The van der Waals surface area contributed by atoms with Crippen LogP contribution in [-0.2, 0) is 0 Å². The van der Waals surface area contributed by atoms with Gasteiger partial charge in [-0.25, -0.2) is 4.98 Å². The molecule has 0 saturated heterocycles. The van der Waals surface area contributed by atoms with Gasteiger partial charge < -0.3 is 10.7 Å². The first-order valence-electron chi connectivity index (χ1n) is 5.09. The molecule has 2 rings (SSSR count). The van der Waals surface area contributed by atoms with Gasteiger partial charge >= 0.3 is 22.7 Å². The molecule has 0 fully saturated rings. The molecule has 2 aromatic rings. The van der Waals surface area contributed by atoms with Crippen molar-refractivity contribution in [2.45, 2.75) is 0 Å². The Bertz CT molecular complexity index is 801. The Hall–Kier alpha value is -3.91. The maximum absolute atomic E-state index is 11.0. The number of imidazole rings is 1. The number of anilines is 1. The fourth-order valence-electron chi connectivity index (χ4n) is 1.89. The predicted octanol–water partition coefficient (Wildman–Crippen LogP) is 0.778. The second kappa shape index (κ2) is 4.58. The first-order chi connectivity index (χ1) is 10.2. The van der Waals surface area contributed by atoms with E-state index in [1.807, 2.05) is 0 Å². The smallest absolute Gasteiger partial charge is 0.369 e. The Labute approximate surface area is 116 Å². The monoisotopic (exact) mass is 313 g/mol. The van der Waals surface area contributed by atoms with Crippen LogP contribution in [0, 0.1) is 40.5 Å².